The van der Waals surface area contributed by atoms with Gasteiger partial charge in [0.1, 0.15) is 0 Å². The van der Waals surface area contributed by atoms with Gasteiger partial charge in [0.15, 0.2) is 17.2 Å². The smallest absolute Gasteiger partial charge is 0.255 e. The van der Waals surface area contributed by atoms with Gasteiger partial charge in [-0.3, -0.25) is 9.59 Å². The molecule has 0 heterocycles. The first-order chi connectivity index (χ1) is 20.9. The maximum absolute atomic E-state index is 13.1. The van der Waals surface area contributed by atoms with Crippen molar-refractivity contribution in [3.63, 3.8) is 0 Å². The number of ether oxygens (including phenoxy) is 4. The summed E-state index contributed by atoms with van der Waals surface area (Å²) in [6.07, 6.45) is 1.42. The predicted molar refractivity (Wildman–Crippen MR) is 168 cm³/mol. The Morgan fingerprint density at radius 2 is 1.58 bits per heavy atom. The molecule has 0 saturated heterocycles. The van der Waals surface area contributed by atoms with Crippen LogP contribution in [0.25, 0.3) is 11.1 Å². The standard InChI is InChI=1S/C34H35N3O6/c1-40-29-16-14-23-24(18-28(29)38)26(15-13-22-17-30(41-2)32(42-3)33(43-4)31(22)23)36-19-20-9-11-21(12-10-20)34(39)37-27-8-6-5-7-25(27)35/h5-12,14,16-18,26,36H,13,15,19,35H2,1-4H3,(H,37,39)/t26-/m0/s1. The second-order valence-corrected chi connectivity index (χ2v) is 10.2. The molecule has 0 saturated carbocycles. The van der Waals surface area contributed by atoms with E-state index in [2.05, 4.69) is 10.6 Å². The first-order valence-electron chi connectivity index (χ1n) is 13.9. The largest absolute Gasteiger partial charge is 0.493 e. The van der Waals surface area contributed by atoms with Crippen molar-refractivity contribution in [1.29, 1.82) is 0 Å². The number of anilines is 2. The Morgan fingerprint density at radius 1 is 0.860 bits per heavy atom. The van der Waals surface area contributed by atoms with Crippen molar-refractivity contribution in [3.05, 3.63) is 105 Å². The molecule has 1 aliphatic carbocycles. The average molecular weight is 582 g/mol. The van der Waals surface area contributed by atoms with Gasteiger partial charge < -0.3 is 35.3 Å². The molecule has 4 aromatic carbocycles. The lowest BCUT2D eigenvalue weighted by molar-refractivity contribution is 0.102. The van der Waals surface area contributed by atoms with Crippen molar-refractivity contribution >= 4 is 17.3 Å². The van der Waals surface area contributed by atoms with Crippen molar-refractivity contribution < 1.29 is 23.7 Å². The molecule has 9 heteroatoms. The summed E-state index contributed by atoms with van der Waals surface area (Å²) < 4.78 is 22.5. The van der Waals surface area contributed by atoms with Gasteiger partial charge in [-0.25, -0.2) is 0 Å². The van der Waals surface area contributed by atoms with E-state index in [1.54, 1.807) is 57.7 Å². The highest BCUT2D eigenvalue weighted by molar-refractivity contribution is 6.05. The van der Waals surface area contributed by atoms with Crippen LogP contribution >= 0.6 is 0 Å². The van der Waals surface area contributed by atoms with Crippen molar-refractivity contribution in [2.24, 2.45) is 0 Å². The van der Waals surface area contributed by atoms with Gasteiger partial charge >= 0.3 is 0 Å². The highest BCUT2D eigenvalue weighted by atomic mass is 16.5. The molecule has 43 heavy (non-hydrogen) atoms. The molecule has 0 fully saturated rings. The number of aryl methyl sites for hydroxylation is 1. The molecule has 0 radical (unpaired) electrons. The highest BCUT2D eigenvalue weighted by Crippen LogP contribution is 2.50. The summed E-state index contributed by atoms with van der Waals surface area (Å²) in [6.45, 7) is 0.516. The molecule has 4 aromatic rings. The number of amides is 1. The second-order valence-electron chi connectivity index (χ2n) is 10.2. The summed E-state index contributed by atoms with van der Waals surface area (Å²) in [5.41, 5.74) is 11.9. The molecule has 0 unspecified atom stereocenters. The molecule has 0 aromatic heterocycles. The Balaban J connectivity index is 1.45. The molecule has 1 amide bonds. The van der Waals surface area contributed by atoms with Crippen molar-refractivity contribution in [3.8, 4) is 34.1 Å². The molecule has 0 aliphatic heterocycles. The summed E-state index contributed by atoms with van der Waals surface area (Å²) in [7, 11) is 6.25. The number of nitrogen functional groups attached to an aromatic ring is 1. The molecule has 1 aliphatic rings. The van der Waals surface area contributed by atoms with Crippen LogP contribution in [-0.4, -0.2) is 34.3 Å². The topological polar surface area (TPSA) is 121 Å². The average Bonchev–Trinajstić information content (AvgIpc) is 3.27. The lowest BCUT2D eigenvalue weighted by atomic mass is 9.95. The Labute approximate surface area is 250 Å². The highest BCUT2D eigenvalue weighted by Gasteiger charge is 2.29. The monoisotopic (exact) mass is 581 g/mol. The first kappa shape index (κ1) is 29.5. The molecule has 0 bridgehead atoms. The molecular weight excluding hydrogens is 546 g/mol. The van der Waals surface area contributed by atoms with Gasteiger partial charge in [-0.15, -0.1) is 0 Å². The molecule has 4 N–H and O–H groups in total. The third kappa shape index (κ3) is 5.98. The minimum Gasteiger partial charge on any atom is -0.493 e. The lowest BCUT2D eigenvalue weighted by Crippen LogP contribution is -2.22. The van der Waals surface area contributed by atoms with Crippen LogP contribution in [0, 0.1) is 0 Å². The minimum absolute atomic E-state index is 0.169. The summed E-state index contributed by atoms with van der Waals surface area (Å²) in [6, 6.07) is 21.6. The van der Waals surface area contributed by atoms with Gasteiger partial charge in [-0.2, -0.15) is 0 Å². The van der Waals surface area contributed by atoms with Crippen LogP contribution in [0.15, 0.2) is 77.6 Å². The number of para-hydroxylation sites is 2. The summed E-state index contributed by atoms with van der Waals surface area (Å²) in [4.78, 5) is 25.9. The van der Waals surface area contributed by atoms with Gasteiger partial charge in [0.05, 0.1) is 39.8 Å². The van der Waals surface area contributed by atoms with E-state index >= 15 is 0 Å². The SMILES string of the molecule is COc1cc2c(c(OC)c1OC)-c1ccc(OC)c(=O)cc1[C@@H](NCc1ccc(C(=O)Nc3ccccc3N)cc1)CC2. The van der Waals surface area contributed by atoms with E-state index in [9.17, 15) is 9.59 Å². The fourth-order valence-corrected chi connectivity index (χ4v) is 5.50. The number of rotatable bonds is 9. The van der Waals surface area contributed by atoms with Crippen LogP contribution < -0.4 is 40.7 Å². The van der Waals surface area contributed by atoms with Crippen molar-refractivity contribution in [2.45, 2.75) is 25.4 Å². The fraction of sp³-hybridized carbons (Fsp3) is 0.235. The second kappa shape index (κ2) is 12.9. The molecule has 5 rings (SSSR count). The molecule has 1 atom stereocenters. The number of nitrogens with one attached hydrogen (secondary N) is 2. The van der Waals surface area contributed by atoms with E-state index in [4.69, 9.17) is 24.7 Å². The Morgan fingerprint density at radius 3 is 2.26 bits per heavy atom. The van der Waals surface area contributed by atoms with Crippen molar-refractivity contribution in [2.75, 3.05) is 39.5 Å². The van der Waals surface area contributed by atoms with Gasteiger partial charge in [0, 0.05) is 23.7 Å². The lowest BCUT2D eigenvalue weighted by Gasteiger charge is -2.20. The Kier molecular flexibility index (Phi) is 8.82. The summed E-state index contributed by atoms with van der Waals surface area (Å²) >= 11 is 0. The number of nitrogens with two attached hydrogens (primary N) is 1. The zero-order chi connectivity index (χ0) is 30.5. The molecule has 9 nitrogen and oxygen atoms in total. The molecular formula is C34H35N3O6. The molecule has 0 spiro atoms. The zero-order valence-corrected chi connectivity index (χ0v) is 24.7. The quantitative estimate of drug-likeness (QED) is 0.226. The number of carbonyl (C=O) groups is 1. The van der Waals surface area contributed by atoms with Gasteiger partial charge in [0.25, 0.3) is 5.91 Å². The van der Waals surface area contributed by atoms with Crippen LogP contribution in [0.5, 0.6) is 23.0 Å². The summed E-state index contributed by atoms with van der Waals surface area (Å²) in [5, 5.41) is 6.49. The number of hydrogen-bond acceptors (Lipinski definition) is 8. The Bertz CT molecular complexity index is 1700. The fourth-order valence-electron chi connectivity index (χ4n) is 5.50. The van der Waals surface area contributed by atoms with Crippen LogP contribution in [0.1, 0.15) is 39.5 Å². The predicted octanol–water partition coefficient (Wildman–Crippen LogP) is 5.36. The molecule has 222 valence electrons. The number of methoxy groups -OCH3 is 4. The maximum atomic E-state index is 13.1. The van der Waals surface area contributed by atoms with E-state index in [1.165, 1.54) is 7.11 Å². The number of fused-ring (bicyclic) bond motifs is 3. The summed E-state index contributed by atoms with van der Waals surface area (Å²) in [5.74, 6) is 1.62. The van der Waals surface area contributed by atoms with Gasteiger partial charge in [0.2, 0.25) is 11.2 Å². The normalized spacial score (nSPS) is 13.6. The number of hydrogen-bond donors (Lipinski definition) is 3. The van der Waals surface area contributed by atoms with E-state index in [0.717, 1.165) is 27.8 Å². The van der Waals surface area contributed by atoms with Crippen LogP contribution in [0.2, 0.25) is 0 Å². The van der Waals surface area contributed by atoms with E-state index in [0.29, 0.717) is 53.6 Å². The van der Waals surface area contributed by atoms with Crippen LogP contribution in [0.4, 0.5) is 11.4 Å². The van der Waals surface area contributed by atoms with Crippen LogP contribution in [-0.2, 0) is 13.0 Å². The minimum atomic E-state index is -0.239. The third-order valence-corrected chi connectivity index (χ3v) is 7.70. The van der Waals surface area contributed by atoms with E-state index in [-0.39, 0.29) is 23.1 Å². The number of benzene rings is 3. The first-order valence-corrected chi connectivity index (χ1v) is 13.9. The Hall–Kier alpha value is -5.02. The van der Waals surface area contributed by atoms with E-state index < -0.39 is 0 Å². The number of carbonyl (C=O) groups excluding carboxylic acids is 1. The van der Waals surface area contributed by atoms with Gasteiger partial charge in [-0.1, -0.05) is 30.3 Å². The van der Waals surface area contributed by atoms with Gasteiger partial charge in [-0.05, 0) is 77.6 Å². The van der Waals surface area contributed by atoms with Crippen LogP contribution in [0.3, 0.4) is 0 Å². The maximum Gasteiger partial charge on any atom is 0.255 e. The van der Waals surface area contributed by atoms with E-state index in [1.807, 2.05) is 36.4 Å². The third-order valence-electron chi connectivity index (χ3n) is 7.70. The zero-order valence-electron chi connectivity index (χ0n) is 24.7. The van der Waals surface area contributed by atoms with Crippen molar-refractivity contribution in [1.82, 2.24) is 5.32 Å².